The van der Waals surface area contributed by atoms with Crippen molar-refractivity contribution in [2.24, 2.45) is 0 Å². The van der Waals surface area contributed by atoms with Crippen molar-refractivity contribution in [1.82, 2.24) is 0 Å². The molecule has 0 saturated carbocycles. The molecule has 314 valence electrons. The number of hydrogen-bond acceptors (Lipinski definition) is 6. The van der Waals surface area contributed by atoms with E-state index in [1.807, 2.05) is 12.1 Å². The van der Waals surface area contributed by atoms with Gasteiger partial charge in [-0.15, -0.1) is 0 Å². The Hall–Kier alpha value is -1.30. The van der Waals surface area contributed by atoms with Crippen LogP contribution in [0.2, 0.25) is 0 Å². The van der Waals surface area contributed by atoms with Gasteiger partial charge >= 0.3 is 59.1 Å². The molecule has 4 aromatic rings. The molecule has 0 fully saturated rings. The zero-order valence-corrected chi connectivity index (χ0v) is 42.5. The zero-order valence-electron chi connectivity index (χ0n) is 36.9. The molecule has 0 bridgehead atoms. The molecule has 0 saturated heterocycles. The van der Waals surface area contributed by atoms with E-state index in [1.165, 1.54) is 105 Å². The molecule has 0 N–H and O–H groups in total. The average molecular weight is 871 g/mol. The summed E-state index contributed by atoms with van der Waals surface area (Å²) in [6.45, 7) is 4.55. The molecule has 10 heteroatoms. The van der Waals surface area contributed by atoms with Gasteiger partial charge in [0.25, 0.3) is 0 Å². The minimum atomic E-state index is -4.35. The number of fused-ring (bicyclic) bond motifs is 6. The summed E-state index contributed by atoms with van der Waals surface area (Å²) in [5.41, 5.74) is 11.9. The van der Waals surface area contributed by atoms with Crippen LogP contribution in [-0.2, 0) is 31.1 Å². The maximum Gasteiger partial charge on any atom is 1.00 e. The average Bonchev–Trinajstić information content (AvgIpc) is 3.63. The van der Waals surface area contributed by atoms with Crippen LogP contribution in [0.3, 0.4) is 0 Å². The third-order valence-electron chi connectivity index (χ3n) is 13.3. The second-order valence-corrected chi connectivity index (χ2v) is 20.3. The summed E-state index contributed by atoms with van der Waals surface area (Å²) in [7, 11) is -8.70. The first-order valence-electron chi connectivity index (χ1n) is 22.3. The van der Waals surface area contributed by atoms with E-state index in [-0.39, 0.29) is 77.4 Å². The Kier molecular flexibility index (Phi) is 20.2. The number of unbranched alkanes of at least 4 members (excludes halogenated alkanes) is 12. The van der Waals surface area contributed by atoms with E-state index < -0.39 is 37.2 Å². The van der Waals surface area contributed by atoms with Crippen LogP contribution >= 0.6 is 0 Å². The standard InChI is InChI=1S/C50H66O6S2.2Na/c1-3-5-7-9-11-17-31-49(32-18-12-10-8-6-4-2)45-25-15-13-23-41(45)43-29-27-39(37-47(43)49)40-28-30-44-42-24-14-16-26-46(42)50(48(44)38-40,33-19-21-35-57(51,52)53)34-20-22-36-58(54,55)56;;/h13-16,23-30,37-38H,3-12,17-22,31-36H2,1-2H3,(H,51,52,53)(H,54,55,56);;/q;2*+1/p-2. The second kappa shape index (κ2) is 23.6. The predicted molar refractivity (Wildman–Crippen MR) is 237 cm³/mol. The van der Waals surface area contributed by atoms with E-state index in [2.05, 4.69) is 86.6 Å². The third kappa shape index (κ3) is 12.5. The van der Waals surface area contributed by atoms with Crippen LogP contribution < -0.4 is 59.1 Å². The molecule has 6 nitrogen and oxygen atoms in total. The van der Waals surface area contributed by atoms with Gasteiger partial charge in [0.2, 0.25) is 0 Å². The van der Waals surface area contributed by atoms with Crippen molar-refractivity contribution < 1.29 is 85.1 Å². The molecule has 0 amide bonds. The van der Waals surface area contributed by atoms with Gasteiger partial charge in [0.15, 0.2) is 0 Å². The SMILES string of the molecule is CCCCCCCCC1(CCCCCCCC)c2ccccc2-c2ccc(-c3ccc4c(c3)C(CCCCS(=O)(=O)[O-])(CCCCS(=O)(=O)[O-])c3ccccc3-4)cc21.[Na+].[Na+]. The van der Waals surface area contributed by atoms with Crippen LogP contribution in [-0.4, -0.2) is 37.4 Å². The summed E-state index contributed by atoms with van der Waals surface area (Å²) >= 11 is 0. The molecular formula is C50H64Na2O6S2. The van der Waals surface area contributed by atoms with Crippen molar-refractivity contribution in [3.63, 3.8) is 0 Å². The van der Waals surface area contributed by atoms with Crippen molar-refractivity contribution >= 4 is 20.2 Å². The van der Waals surface area contributed by atoms with Crippen molar-refractivity contribution in [3.8, 4) is 33.4 Å². The van der Waals surface area contributed by atoms with Crippen LogP contribution in [0.25, 0.3) is 33.4 Å². The zero-order chi connectivity index (χ0) is 41.2. The van der Waals surface area contributed by atoms with Gasteiger partial charge in [0.1, 0.15) is 0 Å². The molecule has 0 aliphatic heterocycles. The van der Waals surface area contributed by atoms with Gasteiger partial charge in [0.05, 0.1) is 20.2 Å². The Bertz CT molecular complexity index is 2160. The van der Waals surface area contributed by atoms with Gasteiger partial charge in [-0.1, -0.05) is 177 Å². The Labute approximate surface area is 406 Å². The van der Waals surface area contributed by atoms with Crippen molar-refractivity contribution in [2.75, 3.05) is 11.5 Å². The summed E-state index contributed by atoms with van der Waals surface area (Å²) in [5, 5.41) is 0. The van der Waals surface area contributed by atoms with Crippen molar-refractivity contribution in [1.29, 1.82) is 0 Å². The van der Waals surface area contributed by atoms with Crippen LogP contribution in [0.1, 0.15) is 165 Å². The molecule has 6 rings (SSSR count). The second-order valence-electron chi connectivity index (χ2n) is 17.2. The fourth-order valence-electron chi connectivity index (χ4n) is 10.4. The monoisotopic (exact) mass is 870 g/mol. The number of hydrogen-bond donors (Lipinski definition) is 0. The molecular weight excluding hydrogens is 807 g/mol. The first kappa shape index (κ1) is 51.3. The Morgan fingerprint density at radius 1 is 0.400 bits per heavy atom. The van der Waals surface area contributed by atoms with E-state index in [0.29, 0.717) is 25.7 Å². The minimum absolute atomic E-state index is 0. The topological polar surface area (TPSA) is 114 Å². The van der Waals surface area contributed by atoms with Gasteiger partial charge in [-0.3, -0.25) is 0 Å². The van der Waals surface area contributed by atoms with Crippen LogP contribution in [0.4, 0.5) is 0 Å². The fraction of sp³-hybridized carbons (Fsp3) is 0.520. The van der Waals surface area contributed by atoms with E-state index >= 15 is 0 Å². The van der Waals surface area contributed by atoms with Crippen LogP contribution in [0.5, 0.6) is 0 Å². The van der Waals surface area contributed by atoms with Crippen molar-refractivity contribution in [3.05, 3.63) is 107 Å². The van der Waals surface area contributed by atoms with Gasteiger partial charge < -0.3 is 9.11 Å². The molecule has 4 aromatic carbocycles. The third-order valence-corrected chi connectivity index (χ3v) is 14.9. The van der Waals surface area contributed by atoms with E-state index in [4.69, 9.17) is 0 Å². The Morgan fingerprint density at radius 2 is 0.717 bits per heavy atom. The van der Waals surface area contributed by atoms with E-state index in [9.17, 15) is 25.9 Å². The molecule has 0 aromatic heterocycles. The summed E-state index contributed by atoms with van der Waals surface area (Å²) in [4.78, 5) is 0. The Morgan fingerprint density at radius 3 is 1.08 bits per heavy atom. The van der Waals surface area contributed by atoms with Gasteiger partial charge in [-0.05, 0) is 106 Å². The molecule has 60 heavy (non-hydrogen) atoms. The molecule has 2 aliphatic carbocycles. The Balaban J connectivity index is 0.00000397. The molecule has 0 unspecified atom stereocenters. The van der Waals surface area contributed by atoms with E-state index in [0.717, 1.165) is 40.7 Å². The summed E-state index contributed by atoms with van der Waals surface area (Å²) in [6, 6.07) is 31.3. The largest absolute Gasteiger partial charge is 1.00 e. The van der Waals surface area contributed by atoms with Gasteiger partial charge in [-0.25, -0.2) is 16.8 Å². The number of rotatable bonds is 25. The molecule has 0 spiro atoms. The predicted octanol–water partition coefficient (Wildman–Crippen LogP) is 6.83. The molecule has 0 atom stereocenters. The molecule has 0 heterocycles. The maximum absolute atomic E-state index is 11.6. The first-order valence-corrected chi connectivity index (χ1v) is 25.4. The smallest absolute Gasteiger partial charge is 0.748 e. The van der Waals surface area contributed by atoms with Crippen LogP contribution in [0, 0.1) is 0 Å². The summed E-state index contributed by atoms with van der Waals surface area (Å²) in [5.74, 6) is -0.828. The minimum Gasteiger partial charge on any atom is -0.748 e. The maximum atomic E-state index is 11.6. The van der Waals surface area contributed by atoms with Crippen LogP contribution in [0.15, 0.2) is 84.9 Å². The normalized spacial score (nSPS) is 14.4. The summed E-state index contributed by atoms with van der Waals surface area (Å²) < 4.78 is 69.5. The van der Waals surface area contributed by atoms with Gasteiger partial charge in [0, 0.05) is 22.3 Å². The quantitative estimate of drug-likeness (QED) is 0.0410. The van der Waals surface area contributed by atoms with Crippen molar-refractivity contribution in [2.45, 2.75) is 153 Å². The molecule has 2 aliphatic rings. The first-order chi connectivity index (χ1) is 27.9. The fourth-order valence-corrected chi connectivity index (χ4v) is 11.5. The molecule has 0 radical (unpaired) electrons. The van der Waals surface area contributed by atoms with E-state index in [1.54, 1.807) is 0 Å². The van der Waals surface area contributed by atoms with Gasteiger partial charge in [-0.2, -0.15) is 0 Å². The number of benzene rings is 4. The summed E-state index contributed by atoms with van der Waals surface area (Å²) in [6.07, 6.45) is 20.3.